The first-order chi connectivity index (χ1) is 8.42. The summed E-state index contributed by atoms with van der Waals surface area (Å²) in [5, 5.41) is 40.7. The Morgan fingerprint density at radius 3 is 2.33 bits per heavy atom. The van der Waals surface area contributed by atoms with Crippen LogP contribution in [0.1, 0.15) is 6.42 Å². The molecule has 0 rings (SSSR count). The van der Waals surface area contributed by atoms with Crippen molar-refractivity contribution in [2.45, 2.75) is 24.7 Å². The van der Waals surface area contributed by atoms with Crippen LogP contribution in [-0.4, -0.2) is 63.7 Å². The van der Waals surface area contributed by atoms with Gasteiger partial charge in [0.05, 0.1) is 19.1 Å². The normalized spacial score (nSPS) is 15.1. The number of hydrogen-bond donors (Lipinski definition) is 5. The number of aliphatic hydroxyl groups excluding tert-OH is 4. The average Bonchev–Trinajstić information content (AvgIpc) is 2.33. The van der Waals surface area contributed by atoms with Crippen molar-refractivity contribution in [1.82, 2.24) is 5.32 Å². The number of aliphatic hydroxyl groups is 4. The molecule has 0 bridgehead atoms. The highest BCUT2D eigenvalue weighted by atomic mass is 16.4. The van der Waals surface area contributed by atoms with Gasteiger partial charge in [-0.1, -0.05) is 5.11 Å². The van der Waals surface area contributed by atoms with Crippen molar-refractivity contribution in [2.24, 2.45) is 5.11 Å². The van der Waals surface area contributed by atoms with Gasteiger partial charge in [-0.25, -0.2) is 0 Å². The fraction of sp³-hybridized carbons (Fsp3) is 0.750. The van der Waals surface area contributed by atoms with Gasteiger partial charge in [0.1, 0.15) is 18.8 Å². The summed E-state index contributed by atoms with van der Waals surface area (Å²) in [6.45, 7) is -1.35. The molecule has 10 nitrogen and oxygen atoms in total. The van der Waals surface area contributed by atoms with Gasteiger partial charge in [0.2, 0.25) is 11.8 Å². The summed E-state index contributed by atoms with van der Waals surface area (Å²) in [5.41, 5.74) is 7.92. The second-order valence-corrected chi connectivity index (χ2v) is 3.37. The van der Waals surface area contributed by atoms with E-state index in [1.54, 1.807) is 5.32 Å². The molecule has 5 N–H and O–H groups in total. The van der Waals surface area contributed by atoms with E-state index in [-0.39, 0.29) is 0 Å². The first-order valence-electron chi connectivity index (χ1n) is 4.91. The van der Waals surface area contributed by atoms with Crippen molar-refractivity contribution in [1.29, 1.82) is 0 Å². The van der Waals surface area contributed by atoms with E-state index in [1.807, 2.05) is 0 Å². The lowest BCUT2D eigenvalue weighted by atomic mass is 10.1. The molecular formula is C8H14N4O6. The van der Waals surface area contributed by atoms with Gasteiger partial charge in [-0.15, -0.1) is 0 Å². The van der Waals surface area contributed by atoms with Crippen LogP contribution in [-0.2, 0) is 9.59 Å². The van der Waals surface area contributed by atoms with Crippen LogP contribution >= 0.6 is 0 Å². The maximum atomic E-state index is 11.2. The van der Waals surface area contributed by atoms with E-state index in [1.165, 1.54) is 0 Å². The summed E-state index contributed by atoms with van der Waals surface area (Å²) in [6.07, 6.45) is -5.60. The number of rotatable bonds is 7. The predicted octanol–water partition coefficient (Wildman–Crippen LogP) is -2.60. The third-order valence-electron chi connectivity index (χ3n) is 1.93. The maximum Gasteiger partial charge on any atom is 0.232 e. The van der Waals surface area contributed by atoms with E-state index >= 15 is 0 Å². The Kier molecular flexibility index (Phi) is 7.59. The van der Waals surface area contributed by atoms with E-state index < -0.39 is 49.7 Å². The Morgan fingerprint density at radius 1 is 1.22 bits per heavy atom. The zero-order valence-corrected chi connectivity index (χ0v) is 9.30. The second kappa shape index (κ2) is 8.39. The number of nitrogens with zero attached hydrogens (tertiary/aromatic N) is 3. The van der Waals surface area contributed by atoms with Crippen LogP contribution in [0.2, 0.25) is 0 Å². The van der Waals surface area contributed by atoms with Crippen molar-refractivity contribution in [3.05, 3.63) is 10.4 Å². The molecule has 0 fully saturated rings. The summed E-state index contributed by atoms with van der Waals surface area (Å²) in [4.78, 5) is 24.4. The van der Waals surface area contributed by atoms with Crippen LogP contribution in [0.4, 0.5) is 0 Å². The summed E-state index contributed by atoms with van der Waals surface area (Å²) in [6, 6.07) is 0. The quantitative estimate of drug-likeness (QED) is 0.191. The van der Waals surface area contributed by atoms with Crippen molar-refractivity contribution in [3.8, 4) is 0 Å². The molecule has 0 heterocycles. The monoisotopic (exact) mass is 262 g/mol. The molecule has 0 aromatic carbocycles. The topological polar surface area (TPSA) is 176 Å². The van der Waals surface area contributed by atoms with Crippen molar-refractivity contribution in [2.75, 3.05) is 13.2 Å². The summed E-state index contributed by atoms with van der Waals surface area (Å²) in [7, 11) is 0. The van der Waals surface area contributed by atoms with Gasteiger partial charge in [0, 0.05) is 4.91 Å². The molecule has 0 spiro atoms. The van der Waals surface area contributed by atoms with Crippen LogP contribution in [0.25, 0.3) is 10.4 Å². The molecule has 0 radical (unpaired) electrons. The third-order valence-corrected chi connectivity index (χ3v) is 1.93. The Bertz CT molecular complexity index is 342. The molecule has 102 valence electrons. The van der Waals surface area contributed by atoms with Gasteiger partial charge in [-0.2, -0.15) is 0 Å². The minimum absolute atomic E-state index is 0.569. The molecule has 0 aliphatic carbocycles. The van der Waals surface area contributed by atoms with Gasteiger partial charge in [0.25, 0.3) is 0 Å². The minimum atomic E-state index is -1.71. The first-order valence-corrected chi connectivity index (χ1v) is 4.91. The molecule has 0 unspecified atom stereocenters. The Balaban J connectivity index is 4.15. The van der Waals surface area contributed by atoms with E-state index in [0.717, 1.165) is 0 Å². The van der Waals surface area contributed by atoms with Gasteiger partial charge in [0.15, 0.2) is 0 Å². The second-order valence-electron chi connectivity index (χ2n) is 3.37. The molecule has 0 aromatic heterocycles. The first kappa shape index (κ1) is 16.3. The van der Waals surface area contributed by atoms with Crippen LogP contribution in [0, 0.1) is 0 Å². The zero-order valence-electron chi connectivity index (χ0n) is 9.30. The highest BCUT2D eigenvalue weighted by Gasteiger charge is 2.26. The molecule has 10 heteroatoms. The number of azide groups is 1. The zero-order chi connectivity index (χ0) is 14.1. The molecule has 0 aliphatic heterocycles. The van der Waals surface area contributed by atoms with Gasteiger partial charge in [-0.05, 0) is 5.53 Å². The Hall–Kier alpha value is -1.71. The predicted molar refractivity (Wildman–Crippen MR) is 56.9 cm³/mol. The van der Waals surface area contributed by atoms with Gasteiger partial charge < -0.3 is 20.4 Å². The molecule has 0 aromatic rings. The third kappa shape index (κ3) is 6.13. The lowest BCUT2D eigenvalue weighted by Crippen LogP contribution is -2.43. The highest BCUT2D eigenvalue weighted by molar-refractivity contribution is 5.96. The molecule has 0 saturated heterocycles. The highest BCUT2D eigenvalue weighted by Crippen LogP contribution is 2.03. The molecule has 0 aliphatic rings. The van der Waals surface area contributed by atoms with Gasteiger partial charge in [-0.3, -0.25) is 14.9 Å². The summed E-state index contributed by atoms with van der Waals surface area (Å²) < 4.78 is 0. The number of nitrogens with one attached hydrogen (secondary N) is 1. The SMILES string of the molecule is [N-]=[N+]=NCC(=O)NC(=O)C[C@@H](O)[C@H](O)[C@H](O)CO. The number of hydrogen-bond acceptors (Lipinski definition) is 7. The van der Waals surface area contributed by atoms with Crippen LogP contribution < -0.4 is 5.32 Å². The molecule has 2 amide bonds. The van der Waals surface area contributed by atoms with Crippen molar-refractivity contribution < 1.29 is 30.0 Å². The van der Waals surface area contributed by atoms with E-state index in [0.29, 0.717) is 0 Å². The maximum absolute atomic E-state index is 11.2. The molecule has 0 saturated carbocycles. The number of imide groups is 1. The number of carbonyl (C=O) groups excluding carboxylic acids is 2. The van der Waals surface area contributed by atoms with Crippen LogP contribution in [0.3, 0.4) is 0 Å². The number of carbonyl (C=O) groups is 2. The van der Waals surface area contributed by atoms with Gasteiger partial charge >= 0.3 is 0 Å². The van der Waals surface area contributed by atoms with E-state index in [2.05, 4.69) is 10.0 Å². The number of amides is 2. The lowest BCUT2D eigenvalue weighted by Gasteiger charge is -2.20. The molecule has 18 heavy (non-hydrogen) atoms. The van der Waals surface area contributed by atoms with Crippen molar-refractivity contribution in [3.63, 3.8) is 0 Å². The fourth-order valence-corrected chi connectivity index (χ4v) is 1.02. The average molecular weight is 262 g/mol. The summed E-state index contributed by atoms with van der Waals surface area (Å²) >= 11 is 0. The lowest BCUT2D eigenvalue weighted by molar-refractivity contribution is -0.133. The molecular weight excluding hydrogens is 248 g/mol. The van der Waals surface area contributed by atoms with Crippen LogP contribution in [0.5, 0.6) is 0 Å². The minimum Gasteiger partial charge on any atom is -0.394 e. The largest absolute Gasteiger partial charge is 0.394 e. The van der Waals surface area contributed by atoms with E-state index in [4.69, 9.17) is 15.7 Å². The standard InChI is InChI=1S/C8H14N4O6/c9-12-10-2-7(17)11-6(16)1-4(14)8(18)5(15)3-13/h4-5,8,13-15,18H,1-3H2,(H,11,16,17)/t4-,5-,8+/m1/s1. The van der Waals surface area contributed by atoms with Crippen molar-refractivity contribution >= 4 is 11.8 Å². The Labute approximate surface area is 101 Å². The molecule has 3 atom stereocenters. The smallest absolute Gasteiger partial charge is 0.232 e. The Morgan fingerprint density at radius 2 is 1.83 bits per heavy atom. The summed E-state index contributed by atoms with van der Waals surface area (Å²) in [5.74, 6) is -1.77. The fourth-order valence-electron chi connectivity index (χ4n) is 1.02. The van der Waals surface area contributed by atoms with Crippen LogP contribution in [0.15, 0.2) is 5.11 Å². The van der Waals surface area contributed by atoms with E-state index in [9.17, 15) is 19.8 Å².